The molecule has 1 aliphatic heterocycles. The zero-order chi connectivity index (χ0) is 13.9. The van der Waals surface area contributed by atoms with Crippen molar-refractivity contribution in [2.75, 3.05) is 6.61 Å². The van der Waals surface area contributed by atoms with Gasteiger partial charge >= 0.3 is 0 Å². The maximum atomic E-state index is 13.2. The number of nitrogens with two attached hydrogens (primary N) is 1. The van der Waals surface area contributed by atoms with Crippen LogP contribution in [0, 0.1) is 5.82 Å². The minimum atomic E-state index is -0.222. The summed E-state index contributed by atoms with van der Waals surface area (Å²) in [6.07, 6.45) is 1.58. The third-order valence-electron chi connectivity index (χ3n) is 3.65. The fourth-order valence-corrected chi connectivity index (χ4v) is 2.60. The topological polar surface area (TPSA) is 47.3 Å². The second kappa shape index (κ2) is 5.61. The molecule has 3 N–H and O–H groups in total. The van der Waals surface area contributed by atoms with Crippen molar-refractivity contribution in [3.8, 4) is 5.75 Å². The number of hydrogen-bond acceptors (Lipinski definition) is 3. The van der Waals surface area contributed by atoms with Crippen molar-refractivity contribution in [3.05, 3.63) is 65.0 Å². The Labute approximate surface area is 117 Å². The minimum absolute atomic E-state index is 0.0392. The molecule has 1 atom stereocenters. The first-order chi connectivity index (χ1) is 9.76. The average molecular weight is 272 g/mol. The molecule has 0 aliphatic carbocycles. The van der Waals surface area contributed by atoms with Gasteiger partial charge in [0.15, 0.2) is 0 Å². The van der Waals surface area contributed by atoms with Crippen molar-refractivity contribution in [3.63, 3.8) is 0 Å². The summed E-state index contributed by atoms with van der Waals surface area (Å²) in [5.41, 5.74) is 6.04. The Bertz CT molecular complexity index is 615. The van der Waals surface area contributed by atoms with Gasteiger partial charge in [0.05, 0.1) is 6.61 Å². The van der Waals surface area contributed by atoms with E-state index >= 15 is 0 Å². The largest absolute Gasteiger partial charge is 0.493 e. The van der Waals surface area contributed by atoms with Crippen molar-refractivity contribution in [1.82, 2.24) is 5.43 Å². The van der Waals surface area contributed by atoms with Crippen LogP contribution in [0.15, 0.2) is 42.5 Å². The van der Waals surface area contributed by atoms with Gasteiger partial charge in [-0.15, -0.1) is 0 Å². The summed E-state index contributed by atoms with van der Waals surface area (Å²) in [7, 11) is 0. The minimum Gasteiger partial charge on any atom is -0.493 e. The van der Waals surface area contributed by atoms with E-state index in [4.69, 9.17) is 10.6 Å². The van der Waals surface area contributed by atoms with E-state index in [2.05, 4.69) is 11.5 Å². The van der Waals surface area contributed by atoms with E-state index in [1.165, 1.54) is 11.6 Å². The van der Waals surface area contributed by atoms with Crippen molar-refractivity contribution >= 4 is 0 Å². The summed E-state index contributed by atoms with van der Waals surface area (Å²) in [5.74, 6) is 6.39. The van der Waals surface area contributed by atoms with Crippen LogP contribution in [-0.2, 0) is 12.8 Å². The molecule has 2 aromatic rings. The molecule has 0 saturated heterocycles. The number of hydrogen-bond donors (Lipinski definition) is 2. The van der Waals surface area contributed by atoms with E-state index in [1.54, 1.807) is 12.1 Å². The number of ether oxygens (including phenoxy) is 1. The lowest BCUT2D eigenvalue weighted by molar-refractivity contribution is 0.356. The molecule has 0 saturated carbocycles. The van der Waals surface area contributed by atoms with Crippen LogP contribution in [0.2, 0.25) is 0 Å². The van der Waals surface area contributed by atoms with Crippen molar-refractivity contribution in [2.24, 2.45) is 5.84 Å². The molecule has 3 nitrogen and oxygen atoms in total. The van der Waals surface area contributed by atoms with Crippen molar-refractivity contribution < 1.29 is 9.13 Å². The van der Waals surface area contributed by atoms with Gasteiger partial charge in [-0.1, -0.05) is 24.3 Å². The second-order valence-electron chi connectivity index (χ2n) is 5.02. The normalized spacial score (nSPS) is 14.7. The first-order valence-electron chi connectivity index (χ1n) is 6.72. The first kappa shape index (κ1) is 13.1. The Balaban J connectivity index is 1.83. The molecule has 0 radical (unpaired) electrons. The van der Waals surface area contributed by atoms with Crippen LogP contribution in [0.5, 0.6) is 5.75 Å². The lowest BCUT2D eigenvalue weighted by Crippen LogP contribution is -2.29. The molecule has 0 amide bonds. The Morgan fingerprint density at radius 2 is 2.15 bits per heavy atom. The molecular formula is C16H17FN2O. The number of fused-ring (bicyclic) bond motifs is 1. The van der Waals surface area contributed by atoms with Crippen LogP contribution in [0.4, 0.5) is 4.39 Å². The van der Waals surface area contributed by atoms with Gasteiger partial charge in [-0.3, -0.25) is 11.3 Å². The molecule has 0 fully saturated rings. The second-order valence-corrected chi connectivity index (χ2v) is 5.02. The summed E-state index contributed by atoms with van der Waals surface area (Å²) in [6.45, 7) is 0.739. The zero-order valence-electron chi connectivity index (χ0n) is 11.1. The molecule has 4 heteroatoms. The first-order valence-corrected chi connectivity index (χ1v) is 6.72. The molecular weight excluding hydrogens is 255 g/mol. The summed E-state index contributed by atoms with van der Waals surface area (Å²) in [6, 6.07) is 12.7. The van der Waals surface area contributed by atoms with Gasteiger partial charge in [0, 0.05) is 12.5 Å². The van der Waals surface area contributed by atoms with E-state index in [0.717, 1.165) is 29.9 Å². The molecule has 2 aromatic carbocycles. The predicted molar refractivity (Wildman–Crippen MR) is 75.8 cm³/mol. The summed E-state index contributed by atoms with van der Waals surface area (Å²) in [5, 5.41) is 0. The van der Waals surface area contributed by atoms with Crippen LogP contribution in [0.1, 0.15) is 22.7 Å². The van der Waals surface area contributed by atoms with Gasteiger partial charge in [0.25, 0.3) is 0 Å². The highest BCUT2D eigenvalue weighted by Crippen LogP contribution is 2.29. The highest BCUT2D eigenvalue weighted by molar-refractivity contribution is 5.41. The van der Waals surface area contributed by atoms with E-state index in [9.17, 15) is 4.39 Å². The molecule has 0 spiro atoms. The quantitative estimate of drug-likeness (QED) is 0.664. The molecule has 104 valence electrons. The Morgan fingerprint density at radius 1 is 1.25 bits per heavy atom. The number of rotatable bonds is 4. The van der Waals surface area contributed by atoms with Crippen LogP contribution >= 0.6 is 0 Å². The number of nitrogens with one attached hydrogen (secondary N) is 1. The third-order valence-corrected chi connectivity index (χ3v) is 3.65. The van der Waals surface area contributed by atoms with E-state index in [-0.39, 0.29) is 11.9 Å². The molecule has 0 bridgehead atoms. The number of benzene rings is 2. The molecule has 20 heavy (non-hydrogen) atoms. The zero-order valence-corrected chi connectivity index (χ0v) is 11.1. The summed E-state index contributed by atoms with van der Waals surface area (Å²) in [4.78, 5) is 0. The molecule has 3 rings (SSSR count). The predicted octanol–water partition coefficient (Wildman–Crippen LogP) is 2.51. The molecule has 1 heterocycles. The fraction of sp³-hybridized carbons (Fsp3) is 0.250. The lowest BCUT2D eigenvalue weighted by atomic mass is 9.97. The standard InChI is InChI=1S/C16H17FN2O/c17-14-3-1-2-11(8-14)9-15(19-18)12-4-5-16-13(10-12)6-7-20-16/h1-5,8,10,15,19H,6-7,9,18H2. The van der Waals surface area contributed by atoms with E-state index in [1.807, 2.05) is 18.2 Å². The summed E-state index contributed by atoms with van der Waals surface area (Å²) < 4.78 is 18.7. The van der Waals surface area contributed by atoms with Gasteiger partial charge in [-0.25, -0.2) is 4.39 Å². The van der Waals surface area contributed by atoms with Crippen LogP contribution in [0.3, 0.4) is 0 Å². The van der Waals surface area contributed by atoms with Gasteiger partial charge < -0.3 is 4.74 Å². The van der Waals surface area contributed by atoms with Crippen molar-refractivity contribution in [2.45, 2.75) is 18.9 Å². The summed E-state index contributed by atoms with van der Waals surface area (Å²) >= 11 is 0. The number of hydrazine groups is 1. The van der Waals surface area contributed by atoms with Crippen LogP contribution in [-0.4, -0.2) is 6.61 Å². The van der Waals surface area contributed by atoms with Gasteiger partial charge in [-0.2, -0.15) is 0 Å². The lowest BCUT2D eigenvalue weighted by Gasteiger charge is -2.17. The smallest absolute Gasteiger partial charge is 0.123 e. The van der Waals surface area contributed by atoms with E-state index < -0.39 is 0 Å². The highest BCUT2D eigenvalue weighted by Gasteiger charge is 2.16. The van der Waals surface area contributed by atoms with E-state index in [0.29, 0.717) is 6.42 Å². The molecule has 1 aliphatic rings. The van der Waals surface area contributed by atoms with Gasteiger partial charge in [-0.05, 0) is 41.3 Å². The maximum Gasteiger partial charge on any atom is 0.123 e. The third kappa shape index (κ3) is 2.66. The SMILES string of the molecule is NNC(Cc1cccc(F)c1)c1ccc2c(c1)CCO2. The Kier molecular flexibility index (Phi) is 3.67. The average Bonchev–Trinajstić information content (AvgIpc) is 2.92. The van der Waals surface area contributed by atoms with Gasteiger partial charge in [0.2, 0.25) is 0 Å². The Morgan fingerprint density at radius 3 is 2.95 bits per heavy atom. The fourth-order valence-electron chi connectivity index (χ4n) is 2.60. The van der Waals surface area contributed by atoms with Crippen molar-refractivity contribution in [1.29, 1.82) is 0 Å². The maximum absolute atomic E-state index is 13.2. The molecule has 1 unspecified atom stereocenters. The molecule has 0 aromatic heterocycles. The highest BCUT2D eigenvalue weighted by atomic mass is 19.1. The van der Waals surface area contributed by atoms with Crippen LogP contribution < -0.4 is 16.0 Å². The number of halogens is 1. The van der Waals surface area contributed by atoms with Gasteiger partial charge in [0.1, 0.15) is 11.6 Å². The Hall–Kier alpha value is -1.91. The van der Waals surface area contributed by atoms with Crippen LogP contribution in [0.25, 0.3) is 0 Å². The monoisotopic (exact) mass is 272 g/mol.